The van der Waals surface area contributed by atoms with Gasteiger partial charge in [-0.15, -0.1) is 0 Å². The third kappa shape index (κ3) is 1.89. The van der Waals surface area contributed by atoms with Crippen LogP contribution < -0.4 is 0 Å². The summed E-state index contributed by atoms with van der Waals surface area (Å²) in [5.74, 6) is 0.972. The average Bonchev–Trinajstić information content (AvgIpc) is 2.46. The standard InChI is InChI=1S/C9H9BrN2S/c1-13-6-8-5-12-4-7(10)2-3-9(12)11-8/h2-5H,6H2,1H3. The summed E-state index contributed by atoms with van der Waals surface area (Å²) in [6.07, 6.45) is 6.17. The number of rotatable bonds is 2. The lowest BCUT2D eigenvalue weighted by atomic mass is 10.5. The summed E-state index contributed by atoms with van der Waals surface area (Å²) in [6.45, 7) is 0. The molecule has 0 saturated carbocycles. The van der Waals surface area contributed by atoms with E-state index in [4.69, 9.17) is 0 Å². The Morgan fingerprint density at radius 2 is 2.31 bits per heavy atom. The second kappa shape index (κ2) is 3.72. The molecule has 0 unspecified atom stereocenters. The zero-order valence-corrected chi connectivity index (χ0v) is 9.60. The average molecular weight is 257 g/mol. The summed E-state index contributed by atoms with van der Waals surface area (Å²) in [5.41, 5.74) is 2.14. The predicted octanol–water partition coefficient (Wildman–Crippen LogP) is 2.96. The molecule has 68 valence electrons. The molecule has 2 aromatic heterocycles. The highest BCUT2D eigenvalue weighted by Crippen LogP contribution is 2.14. The van der Waals surface area contributed by atoms with E-state index in [0.29, 0.717) is 0 Å². The Morgan fingerprint density at radius 1 is 1.46 bits per heavy atom. The molecule has 2 aromatic rings. The van der Waals surface area contributed by atoms with Crippen molar-refractivity contribution < 1.29 is 0 Å². The molecule has 0 aromatic carbocycles. The van der Waals surface area contributed by atoms with Crippen molar-refractivity contribution in [3.05, 3.63) is 34.7 Å². The van der Waals surface area contributed by atoms with Gasteiger partial charge in [-0.2, -0.15) is 11.8 Å². The number of pyridine rings is 1. The molecular formula is C9H9BrN2S. The van der Waals surface area contributed by atoms with Crippen molar-refractivity contribution in [3.63, 3.8) is 0 Å². The van der Waals surface area contributed by atoms with Crippen LogP contribution in [-0.4, -0.2) is 15.6 Å². The van der Waals surface area contributed by atoms with E-state index in [1.54, 1.807) is 11.8 Å². The molecular weight excluding hydrogens is 248 g/mol. The number of hydrogen-bond donors (Lipinski definition) is 0. The van der Waals surface area contributed by atoms with Gasteiger partial charge in [-0.1, -0.05) is 0 Å². The Morgan fingerprint density at radius 3 is 3.08 bits per heavy atom. The van der Waals surface area contributed by atoms with Gasteiger partial charge in [-0.25, -0.2) is 4.98 Å². The van der Waals surface area contributed by atoms with Gasteiger partial charge in [0.15, 0.2) is 0 Å². The van der Waals surface area contributed by atoms with Gasteiger partial charge >= 0.3 is 0 Å². The van der Waals surface area contributed by atoms with Crippen LogP contribution in [0.5, 0.6) is 0 Å². The summed E-state index contributed by atoms with van der Waals surface area (Å²) in [5, 5.41) is 0. The van der Waals surface area contributed by atoms with Crippen molar-refractivity contribution >= 4 is 33.3 Å². The van der Waals surface area contributed by atoms with Crippen LogP contribution in [0.3, 0.4) is 0 Å². The molecule has 13 heavy (non-hydrogen) atoms. The fourth-order valence-electron chi connectivity index (χ4n) is 1.23. The van der Waals surface area contributed by atoms with Gasteiger partial charge in [0.25, 0.3) is 0 Å². The predicted molar refractivity (Wildman–Crippen MR) is 60.1 cm³/mol. The minimum Gasteiger partial charge on any atom is -0.306 e. The fraction of sp³-hybridized carbons (Fsp3) is 0.222. The second-order valence-electron chi connectivity index (χ2n) is 2.78. The molecule has 2 rings (SSSR count). The van der Waals surface area contributed by atoms with Crippen LogP contribution in [0.4, 0.5) is 0 Å². The van der Waals surface area contributed by atoms with Crippen LogP contribution in [0.15, 0.2) is 29.0 Å². The molecule has 2 heterocycles. The molecule has 0 atom stereocenters. The van der Waals surface area contributed by atoms with Gasteiger partial charge < -0.3 is 4.40 Å². The molecule has 0 N–H and O–H groups in total. The highest BCUT2D eigenvalue weighted by atomic mass is 79.9. The number of halogens is 1. The number of hydrogen-bond acceptors (Lipinski definition) is 2. The Hall–Kier alpha value is -0.480. The van der Waals surface area contributed by atoms with E-state index in [9.17, 15) is 0 Å². The third-order valence-corrected chi connectivity index (χ3v) is 2.81. The number of fused-ring (bicyclic) bond motifs is 1. The first kappa shape index (κ1) is 9.09. The minimum absolute atomic E-state index is 0.972. The number of nitrogens with zero attached hydrogens (tertiary/aromatic N) is 2. The van der Waals surface area contributed by atoms with Gasteiger partial charge in [0.1, 0.15) is 5.65 Å². The first-order valence-corrected chi connectivity index (χ1v) is 6.10. The Kier molecular flexibility index (Phi) is 2.60. The Labute approximate surface area is 89.5 Å². The normalized spacial score (nSPS) is 10.9. The lowest BCUT2D eigenvalue weighted by molar-refractivity contribution is 1.17. The summed E-state index contributed by atoms with van der Waals surface area (Å²) < 4.78 is 3.11. The van der Waals surface area contributed by atoms with Gasteiger partial charge in [-0.3, -0.25) is 0 Å². The summed E-state index contributed by atoms with van der Waals surface area (Å²) in [4.78, 5) is 4.46. The maximum absolute atomic E-state index is 4.46. The van der Waals surface area contributed by atoms with E-state index in [1.165, 1.54) is 0 Å². The van der Waals surface area contributed by atoms with Crippen LogP contribution in [0.1, 0.15) is 5.69 Å². The first-order valence-electron chi connectivity index (χ1n) is 3.91. The SMILES string of the molecule is CSCc1cn2cc(Br)ccc2n1. The van der Waals surface area contributed by atoms with E-state index >= 15 is 0 Å². The summed E-state index contributed by atoms with van der Waals surface area (Å²) >= 11 is 5.21. The van der Waals surface area contributed by atoms with Gasteiger partial charge in [0.05, 0.1) is 5.69 Å². The molecule has 0 amide bonds. The Balaban J connectivity index is 2.49. The zero-order valence-electron chi connectivity index (χ0n) is 7.20. The number of imidazole rings is 1. The van der Waals surface area contributed by atoms with Gasteiger partial charge in [0.2, 0.25) is 0 Å². The van der Waals surface area contributed by atoms with Crippen molar-refractivity contribution in [2.45, 2.75) is 5.75 Å². The topological polar surface area (TPSA) is 17.3 Å². The minimum atomic E-state index is 0.972. The lowest BCUT2D eigenvalue weighted by Gasteiger charge is -1.91. The summed E-state index contributed by atoms with van der Waals surface area (Å²) in [6, 6.07) is 4.01. The fourth-order valence-corrected chi connectivity index (χ4v) is 2.02. The van der Waals surface area contributed by atoms with Crippen molar-refractivity contribution in [3.8, 4) is 0 Å². The molecule has 0 aliphatic rings. The van der Waals surface area contributed by atoms with Crippen LogP contribution in [0, 0.1) is 0 Å². The molecule has 0 saturated heterocycles. The lowest BCUT2D eigenvalue weighted by Crippen LogP contribution is -1.80. The molecule has 0 radical (unpaired) electrons. The molecule has 0 fully saturated rings. The zero-order chi connectivity index (χ0) is 9.26. The summed E-state index contributed by atoms with van der Waals surface area (Å²) in [7, 11) is 0. The monoisotopic (exact) mass is 256 g/mol. The van der Waals surface area contributed by atoms with Gasteiger partial charge in [-0.05, 0) is 34.3 Å². The maximum atomic E-state index is 4.46. The molecule has 2 nitrogen and oxygen atoms in total. The molecule has 0 aliphatic carbocycles. The van der Waals surface area contributed by atoms with E-state index in [2.05, 4.69) is 33.4 Å². The van der Waals surface area contributed by atoms with Gasteiger partial charge in [0, 0.05) is 22.6 Å². The van der Waals surface area contributed by atoms with Crippen molar-refractivity contribution in [1.29, 1.82) is 0 Å². The van der Waals surface area contributed by atoms with Crippen LogP contribution in [-0.2, 0) is 5.75 Å². The third-order valence-electron chi connectivity index (χ3n) is 1.76. The van der Waals surface area contributed by atoms with Crippen LogP contribution >= 0.6 is 27.7 Å². The highest BCUT2D eigenvalue weighted by Gasteiger charge is 2.00. The maximum Gasteiger partial charge on any atom is 0.137 e. The molecule has 4 heteroatoms. The molecule has 0 bridgehead atoms. The van der Waals surface area contributed by atoms with Crippen LogP contribution in [0.2, 0.25) is 0 Å². The van der Waals surface area contributed by atoms with E-state index in [1.807, 2.05) is 22.7 Å². The largest absolute Gasteiger partial charge is 0.306 e. The molecule has 0 spiro atoms. The van der Waals surface area contributed by atoms with Crippen LogP contribution in [0.25, 0.3) is 5.65 Å². The first-order chi connectivity index (χ1) is 6.29. The number of thioether (sulfide) groups is 1. The highest BCUT2D eigenvalue weighted by molar-refractivity contribution is 9.10. The molecule has 0 aliphatic heterocycles. The second-order valence-corrected chi connectivity index (χ2v) is 4.56. The smallest absolute Gasteiger partial charge is 0.137 e. The van der Waals surface area contributed by atoms with E-state index < -0.39 is 0 Å². The van der Waals surface area contributed by atoms with Crippen molar-refractivity contribution in [2.75, 3.05) is 6.26 Å². The Bertz CT molecular complexity index is 424. The van der Waals surface area contributed by atoms with E-state index in [0.717, 1.165) is 21.6 Å². The van der Waals surface area contributed by atoms with E-state index in [-0.39, 0.29) is 0 Å². The van der Waals surface area contributed by atoms with Crippen molar-refractivity contribution in [2.24, 2.45) is 0 Å². The number of aromatic nitrogens is 2. The quantitative estimate of drug-likeness (QED) is 0.822. The van der Waals surface area contributed by atoms with Crippen molar-refractivity contribution in [1.82, 2.24) is 9.38 Å².